The molecule has 1 aliphatic heterocycles. The summed E-state index contributed by atoms with van der Waals surface area (Å²) >= 11 is 1.82. The highest BCUT2D eigenvalue weighted by Gasteiger charge is 2.34. The van der Waals surface area contributed by atoms with E-state index in [0.717, 1.165) is 49.2 Å². The molecule has 0 atom stereocenters. The van der Waals surface area contributed by atoms with Gasteiger partial charge in [-0.05, 0) is 31.7 Å². The Bertz CT molecular complexity index is 334. The van der Waals surface area contributed by atoms with Crippen molar-refractivity contribution in [3.05, 3.63) is 11.7 Å². The molecule has 0 spiro atoms. The van der Waals surface area contributed by atoms with Crippen LogP contribution in [0.5, 0.6) is 0 Å². The molecular formula is C11H19N3OS. The van der Waals surface area contributed by atoms with Crippen LogP contribution in [0.1, 0.15) is 38.4 Å². The van der Waals surface area contributed by atoms with Gasteiger partial charge in [0.25, 0.3) is 0 Å². The number of rotatable bonds is 4. The Morgan fingerprint density at radius 2 is 2.19 bits per heavy atom. The smallest absolute Gasteiger partial charge is 0.232 e. The van der Waals surface area contributed by atoms with Crippen LogP contribution < -0.4 is 5.32 Å². The van der Waals surface area contributed by atoms with E-state index in [-0.39, 0.29) is 5.41 Å². The third-order valence-electron chi connectivity index (χ3n) is 3.13. The van der Waals surface area contributed by atoms with Gasteiger partial charge in [0.1, 0.15) is 0 Å². The Morgan fingerprint density at radius 1 is 1.44 bits per heavy atom. The molecule has 1 saturated heterocycles. The zero-order valence-electron chi connectivity index (χ0n) is 9.95. The van der Waals surface area contributed by atoms with Gasteiger partial charge in [0, 0.05) is 5.41 Å². The summed E-state index contributed by atoms with van der Waals surface area (Å²) < 4.78 is 5.40. The fourth-order valence-electron chi connectivity index (χ4n) is 1.94. The first-order valence-corrected chi connectivity index (χ1v) is 7.01. The quantitative estimate of drug-likeness (QED) is 0.873. The number of thioether (sulfide) groups is 1. The van der Waals surface area contributed by atoms with Gasteiger partial charge in [-0.15, -0.1) is 0 Å². The topological polar surface area (TPSA) is 51.0 Å². The molecule has 0 amide bonds. The molecule has 0 saturated carbocycles. The zero-order chi connectivity index (χ0) is 11.4. The Kier molecular flexibility index (Phi) is 3.86. The van der Waals surface area contributed by atoms with Crippen LogP contribution in [0.4, 0.5) is 0 Å². The van der Waals surface area contributed by atoms with Gasteiger partial charge in [-0.3, -0.25) is 0 Å². The third kappa shape index (κ3) is 2.58. The molecule has 0 unspecified atom stereocenters. The molecule has 2 heterocycles. The summed E-state index contributed by atoms with van der Waals surface area (Å²) in [7, 11) is 0. The molecule has 1 aromatic heterocycles. The molecule has 5 heteroatoms. The van der Waals surface area contributed by atoms with E-state index in [2.05, 4.69) is 29.3 Å². The van der Waals surface area contributed by atoms with E-state index < -0.39 is 0 Å². The minimum atomic E-state index is 0.0768. The molecule has 2 rings (SSSR count). The molecule has 0 bridgehead atoms. The van der Waals surface area contributed by atoms with Crippen molar-refractivity contribution in [3.8, 4) is 0 Å². The lowest BCUT2D eigenvalue weighted by atomic mass is 9.81. The second kappa shape index (κ2) is 5.19. The van der Waals surface area contributed by atoms with Crippen molar-refractivity contribution in [2.75, 3.05) is 18.8 Å². The van der Waals surface area contributed by atoms with E-state index in [0.29, 0.717) is 0 Å². The van der Waals surface area contributed by atoms with Gasteiger partial charge in [-0.1, -0.05) is 19.0 Å². The maximum atomic E-state index is 5.40. The molecule has 1 aromatic rings. The molecule has 1 N–H and O–H groups in total. The van der Waals surface area contributed by atoms with Crippen LogP contribution in [-0.4, -0.2) is 29.0 Å². The summed E-state index contributed by atoms with van der Waals surface area (Å²) in [5.41, 5.74) is 0.0768. The maximum absolute atomic E-state index is 5.40. The summed E-state index contributed by atoms with van der Waals surface area (Å²) in [6.07, 6.45) is 2.16. The van der Waals surface area contributed by atoms with Crippen molar-refractivity contribution in [2.24, 2.45) is 0 Å². The van der Waals surface area contributed by atoms with Crippen molar-refractivity contribution in [1.29, 1.82) is 0 Å². The summed E-state index contributed by atoms with van der Waals surface area (Å²) in [5.74, 6) is 3.60. The van der Waals surface area contributed by atoms with Crippen LogP contribution in [0.2, 0.25) is 0 Å². The minimum Gasteiger partial charge on any atom is -0.339 e. The first kappa shape index (κ1) is 11.9. The zero-order valence-corrected chi connectivity index (χ0v) is 10.8. The minimum absolute atomic E-state index is 0.0768. The number of piperidine rings is 1. The summed E-state index contributed by atoms with van der Waals surface area (Å²) in [5, 5.41) is 7.40. The molecular weight excluding hydrogens is 222 g/mol. The van der Waals surface area contributed by atoms with Crippen molar-refractivity contribution in [3.63, 3.8) is 0 Å². The van der Waals surface area contributed by atoms with Crippen LogP contribution in [0.3, 0.4) is 0 Å². The first-order valence-electron chi connectivity index (χ1n) is 5.86. The molecule has 16 heavy (non-hydrogen) atoms. The lowest BCUT2D eigenvalue weighted by molar-refractivity contribution is 0.240. The van der Waals surface area contributed by atoms with Gasteiger partial charge < -0.3 is 9.84 Å². The van der Waals surface area contributed by atoms with Gasteiger partial charge in [0.05, 0.1) is 5.75 Å². The normalized spacial score (nSPS) is 19.9. The summed E-state index contributed by atoms with van der Waals surface area (Å²) in [6, 6.07) is 0. The fourth-order valence-corrected chi connectivity index (χ4v) is 2.45. The Balaban J connectivity index is 2.05. The number of nitrogens with zero attached hydrogens (tertiary/aromatic N) is 2. The lowest BCUT2D eigenvalue weighted by Crippen LogP contribution is -2.37. The molecule has 0 aliphatic carbocycles. The molecule has 0 radical (unpaired) electrons. The average molecular weight is 241 g/mol. The molecule has 0 aromatic carbocycles. The molecule has 4 nitrogen and oxygen atoms in total. The second-order valence-electron chi connectivity index (χ2n) is 4.46. The SMILES string of the molecule is CCSCc1noc(C2(C)CCNCC2)n1. The van der Waals surface area contributed by atoms with Gasteiger partial charge in [-0.2, -0.15) is 16.7 Å². The van der Waals surface area contributed by atoms with Crippen LogP contribution in [-0.2, 0) is 11.2 Å². The van der Waals surface area contributed by atoms with Gasteiger partial charge >= 0.3 is 0 Å². The maximum Gasteiger partial charge on any atom is 0.232 e. The highest BCUT2D eigenvalue weighted by molar-refractivity contribution is 7.98. The lowest BCUT2D eigenvalue weighted by Gasteiger charge is -2.30. The van der Waals surface area contributed by atoms with Gasteiger partial charge in [-0.25, -0.2) is 0 Å². The highest BCUT2D eigenvalue weighted by atomic mass is 32.2. The molecule has 1 aliphatic rings. The number of nitrogens with one attached hydrogen (secondary N) is 1. The van der Waals surface area contributed by atoms with E-state index >= 15 is 0 Å². The monoisotopic (exact) mass is 241 g/mol. The van der Waals surface area contributed by atoms with E-state index in [9.17, 15) is 0 Å². The highest BCUT2D eigenvalue weighted by Crippen LogP contribution is 2.31. The standard InChI is InChI=1S/C11H19N3OS/c1-3-16-8-9-13-10(15-14-9)11(2)4-6-12-7-5-11/h12H,3-8H2,1-2H3. The predicted octanol–water partition coefficient (Wildman–Crippen LogP) is 1.96. The summed E-state index contributed by atoms with van der Waals surface area (Å²) in [6.45, 7) is 6.44. The predicted molar refractivity (Wildman–Crippen MR) is 65.6 cm³/mol. The fraction of sp³-hybridized carbons (Fsp3) is 0.818. The number of aromatic nitrogens is 2. The van der Waals surface area contributed by atoms with Crippen LogP contribution in [0, 0.1) is 0 Å². The van der Waals surface area contributed by atoms with Crippen molar-refractivity contribution >= 4 is 11.8 Å². The van der Waals surface area contributed by atoms with E-state index in [1.165, 1.54) is 0 Å². The van der Waals surface area contributed by atoms with Gasteiger partial charge in [0.2, 0.25) is 5.89 Å². The van der Waals surface area contributed by atoms with E-state index in [1.807, 2.05) is 11.8 Å². The first-order chi connectivity index (χ1) is 7.74. The molecule has 1 fully saturated rings. The third-order valence-corrected chi connectivity index (χ3v) is 4.00. The van der Waals surface area contributed by atoms with Crippen LogP contribution in [0.15, 0.2) is 4.52 Å². The largest absolute Gasteiger partial charge is 0.339 e. The second-order valence-corrected chi connectivity index (χ2v) is 5.74. The summed E-state index contributed by atoms with van der Waals surface area (Å²) in [4.78, 5) is 4.52. The van der Waals surface area contributed by atoms with Crippen LogP contribution >= 0.6 is 11.8 Å². The van der Waals surface area contributed by atoms with Crippen LogP contribution in [0.25, 0.3) is 0 Å². The molecule has 90 valence electrons. The Hall–Kier alpha value is -0.550. The van der Waals surface area contributed by atoms with Crippen molar-refractivity contribution in [1.82, 2.24) is 15.5 Å². The number of hydrogen-bond acceptors (Lipinski definition) is 5. The van der Waals surface area contributed by atoms with E-state index in [1.54, 1.807) is 0 Å². The van der Waals surface area contributed by atoms with Gasteiger partial charge in [0.15, 0.2) is 5.82 Å². The van der Waals surface area contributed by atoms with Crippen molar-refractivity contribution in [2.45, 2.75) is 37.9 Å². The Labute approximate surface area is 101 Å². The number of hydrogen-bond donors (Lipinski definition) is 1. The average Bonchev–Trinajstić information content (AvgIpc) is 2.77. The van der Waals surface area contributed by atoms with E-state index in [4.69, 9.17) is 4.52 Å². The Morgan fingerprint density at radius 3 is 2.88 bits per heavy atom. The van der Waals surface area contributed by atoms with Crippen molar-refractivity contribution < 1.29 is 4.52 Å².